The number of thiocarbonyl (C=S) groups is 1. The van der Waals surface area contributed by atoms with Gasteiger partial charge in [0.15, 0.2) is 5.69 Å². The zero-order chi connectivity index (χ0) is 12.3. The summed E-state index contributed by atoms with van der Waals surface area (Å²) in [7, 11) is 3.65. The summed E-state index contributed by atoms with van der Waals surface area (Å²) in [5.41, 5.74) is 0.148. The molecule has 1 aromatic rings. The Bertz CT molecular complexity index is 469. The molecule has 0 bridgehead atoms. The molecule has 0 amide bonds. The van der Waals surface area contributed by atoms with Gasteiger partial charge in [-0.25, -0.2) is 4.98 Å². The Kier molecular flexibility index (Phi) is 4.81. The summed E-state index contributed by atoms with van der Waals surface area (Å²) in [4.78, 5) is 5.80. The normalized spacial score (nSPS) is 9.69. The molecule has 0 spiro atoms. The maximum Gasteiger partial charge on any atom is 0.160 e. The zero-order valence-corrected chi connectivity index (χ0v) is 11.6. The van der Waals surface area contributed by atoms with E-state index in [-0.39, 0.29) is 10.7 Å². The topological polar surface area (TPSA) is 39.9 Å². The fourth-order valence-electron chi connectivity index (χ4n) is 0.774. The van der Waals surface area contributed by atoms with Crippen molar-refractivity contribution in [3.63, 3.8) is 0 Å². The molecule has 0 saturated heterocycles. The Morgan fingerprint density at radius 2 is 2.12 bits per heavy atom. The molecule has 0 fully saturated rings. The zero-order valence-electron chi connectivity index (χ0n) is 8.49. The van der Waals surface area contributed by atoms with E-state index in [0.29, 0.717) is 14.4 Å². The second-order valence-electron chi connectivity index (χ2n) is 2.98. The van der Waals surface area contributed by atoms with Crippen molar-refractivity contribution in [2.75, 3.05) is 14.1 Å². The predicted molar refractivity (Wildman–Crippen MR) is 71.1 cm³/mol. The number of halogens is 2. The van der Waals surface area contributed by atoms with E-state index in [1.807, 2.05) is 20.2 Å². The maximum atomic E-state index is 8.78. The van der Waals surface area contributed by atoms with Crippen LogP contribution in [0.5, 0.6) is 0 Å². The van der Waals surface area contributed by atoms with Crippen molar-refractivity contribution < 1.29 is 0 Å². The van der Waals surface area contributed by atoms with E-state index >= 15 is 0 Å². The molecule has 1 heterocycles. The van der Waals surface area contributed by atoms with Gasteiger partial charge in [0.05, 0.1) is 10.0 Å². The number of rotatable bonds is 1. The van der Waals surface area contributed by atoms with Crippen LogP contribution in [0.2, 0.25) is 10.0 Å². The molecule has 0 radical (unpaired) electrons. The molecule has 0 aliphatic carbocycles. The van der Waals surface area contributed by atoms with Gasteiger partial charge in [0.2, 0.25) is 0 Å². The highest BCUT2D eigenvalue weighted by molar-refractivity contribution is 8.22. The number of nitriles is 1. The van der Waals surface area contributed by atoms with Gasteiger partial charge in [-0.1, -0.05) is 35.4 Å². The maximum absolute atomic E-state index is 8.78. The minimum Gasteiger partial charge on any atom is -0.363 e. The number of aromatic nitrogens is 1. The Balaban J connectivity index is 3.06. The van der Waals surface area contributed by atoms with Crippen LogP contribution in [0.3, 0.4) is 0 Å². The van der Waals surface area contributed by atoms with Gasteiger partial charge in [-0.15, -0.1) is 0 Å². The highest BCUT2D eigenvalue weighted by atomic mass is 35.5. The molecule has 1 rings (SSSR count). The lowest BCUT2D eigenvalue weighted by atomic mass is 10.4. The largest absolute Gasteiger partial charge is 0.363 e. The van der Waals surface area contributed by atoms with E-state index < -0.39 is 0 Å². The number of nitrogens with zero attached hydrogens (tertiary/aromatic N) is 3. The first-order chi connectivity index (χ1) is 7.45. The van der Waals surface area contributed by atoms with Crippen molar-refractivity contribution in [3.05, 3.63) is 21.8 Å². The Hall–Kier alpha value is -0.540. The van der Waals surface area contributed by atoms with Crippen molar-refractivity contribution in [3.8, 4) is 6.07 Å². The summed E-state index contributed by atoms with van der Waals surface area (Å²) in [5.74, 6) is 0. The SMILES string of the molecule is CN(C)C(=S)Sc1nc(C#N)c(Cl)cc1Cl. The van der Waals surface area contributed by atoms with Crippen LogP contribution >= 0.6 is 47.2 Å². The molecule has 0 aliphatic rings. The van der Waals surface area contributed by atoms with Crippen LogP contribution in [0.25, 0.3) is 0 Å². The van der Waals surface area contributed by atoms with E-state index in [1.54, 1.807) is 4.90 Å². The molecule has 7 heteroatoms. The molecule has 0 aromatic carbocycles. The first-order valence-electron chi connectivity index (χ1n) is 4.11. The quantitative estimate of drug-likeness (QED) is 0.587. The van der Waals surface area contributed by atoms with Gasteiger partial charge in [0.25, 0.3) is 0 Å². The van der Waals surface area contributed by atoms with Crippen LogP contribution in [0.15, 0.2) is 11.1 Å². The highest BCUT2D eigenvalue weighted by Crippen LogP contribution is 2.30. The fraction of sp³-hybridized carbons (Fsp3) is 0.222. The molecule has 0 unspecified atom stereocenters. The van der Waals surface area contributed by atoms with Crippen LogP contribution < -0.4 is 0 Å². The number of hydrogen-bond acceptors (Lipinski definition) is 4. The van der Waals surface area contributed by atoms with Gasteiger partial charge in [-0.2, -0.15) is 5.26 Å². The Morgan fingerprint density at radius 1 is 1.50 bits per heavy atom. The lowest BCUT2D eigenvalue weighted by Crippen LogP contribution is -2.16. The monoisotopic (exact) mass is 291 g/mol. The summed E-state index contributed by atoms with van der Waals surface area (Å²) < 4.78 is 0.612. The summed E-state index contributed by atoms with van der Waals surface area (Å²) >= 11 is 18.1. The summed E-state index contributed by atoms with van der Waals surface area (Å²) in [5, 5.41) is 9.90. The van der Waals surface area contributed by atoms with Gasteiger partial charge in [0, 0.05) is 14.1 Å². The molecular weight excluding hydrogens is 285 g/mol. The summed E-state index contributed by atoms with van der Waals surface area (Å²) in [6.45, 7) is 0. The lowest BCUT2D eigenvalue weighted by Gasteiger charge is -2.12. The van der Waals surface area contributed by atoms with E-state index in [4.69, 9.17) is 40.7 Å². The molecule has 0 atom stereocenters. The van der Waals surface area contributed by atoms with Gasteiger partial charge < -0.3 is 4.90 Å². The van der Waals surface area contributed by atoms with E-state index in [2.05, 4.69) is 4.98 Å². The van der Waals surface area contributed by atoms with Crippen molar-refractivity contribution >= 4 is 51.5 Å². The third-order valence-electron chi connectivity index (χ3n) is 1.55. The van der Waals surface area contributed by atoms with Crippen molar-refractivity contribution in [1.29, 1.82) is 5.26 Å². The first-order valence-corrected chi connectivity index (χ1v) is 6.09. The Morgan fingerprint density at radius 3 is 2.62 bits per heavy atom. The second kappa shape index (κ2) is 5.69. The van der Waals surface area contributed by atoms with Crippen LogP contribution in [0, 0.1) is 11.3 Å². The number of hydrogen-bond donors (Lipinski definition) is 0. The molecule has 0 saturated carbocycles. The molecule has 3 nitrogen and oxygen atoms in total. The molecule has 1 aromatic heterocycles. The van der Waals surface area contributed by atoms with Gasteiger partial charge in [-0.3, -0.25) is 0 Å². The van der Waals surface area contributed by atoms with E-state index in [1.165, 1.54) is 17.8 Å². The third-order valence-corrected chi connectivity index (χ3v) is 3.90. The van der Waals surface area contributed by atoms with E-state index in [9.17, 15) is 0 Å². The van der Waals surface area contributed by atoms with Crippen LogP contribution in [-0.4, -0.2) is 28.3 Å². The van der Waals surface area contributed by atoms with Crippen LogP contribution in [0.1, 0.15) is 5.69 Å². The molecule has 0 N–H and O–H groups in total. The minimum absolute atomic E-state index is 0.148. The average Bonchev–Trinajstić information content (AvgIpc) is 2.21. The molecule has 16 heavy (non-hydrogen) atoms. The van der Waals surface area contributed by atoms with Gasteiger partial charge in [-0.05, 0) is 17.8 Å². The van der Waals surface area contributed by atoms with Gasteiger partial charge in [0.1, 0.15) is 15.4 Å². The highest BCUT2D eigenvalue weighted by Gasteiger charge is 2.12. The lowest BCUT2D eigenvalue weighted by molar-refractivity contribution is 0.648. The first kappa shape index (κ1) is 13.5. The second-order valence-corrected chi connectivity index (χ2v) is 5.42. The summed E-state index contributed by atoms with van der Waals surface area (Å²) in [6, 6.07) is 3.39. The fourth-order valence-corrected chi connectivity index (χ4v) is 2.17. The van der Waals surface area contributed by atoms with Crippen molar-refractivity contribution in [2.45, 2.75) is 5.03 Å². The predicted octanol–water partition coefficient (Wildman–Crippen LogP) is 3.20. The van der Waals surface area contributed by atoms with E-state index in [0.717, 1.165) is 0 Å². The molecular formula is C9H7Cl2N3S2. The van der Waals surface area contributed by atoms with Crippen molar-refractivity contribution in [2.24, 2.45) is 0 Å². The smallest absolute Gasteiger partial charge is 0.160 e. The standard InChI is InChI=1S/C9H7Cl2N3S2/c1-14(2)9(15)16-8-6(11)3-5(10)7(4-12)13-8/h3H,1-2H3. The van der Waals surface area contributed by atoms with Crippen LogP contribution in [-0.2, 0) is 0 Å². The third kappa shape index (κ3) is 3.22. The van der Waals surface area contributed by atoms with Crippen molar-refractivity contribution in [1.82, 2.24) is 9.88 Å². The summed E-state index contributed by atoms with van der Waals surface area (Å²) in [6.07, 6.45) is 0. The van der Waals surface area contributed by atoms with Crippen LogP contribution in [0.4, 0.5) is 0 Å². The average molecular weight is 292 g/mol. The molecule has 84 valence electrons. The van der Waals surface area contributed by atoms with Gasteiger partial charge >= 0.3 is 0 Å². The number of pyridine rings is 1. The minimum atomic E-state index is 0.148. The Labute approximate surface area is 113 Å². The number of thioether (sulfide) groups is 1. The molecule has 0 aliphatic heterocycles.